The molecule has 0 radical (unpaired) electrons. The molecule has 0 aromatic heterocycles. The van der Waals surface area contributed by atoms with Crippen molar-refractivity contribution in [2.45, 2.75) is 72.2 Å². The molecule has 1 amide bonds. The summed E-state index contributed by atoms with van der Waals surface area (Å²) < 4.78 is 17.7. The Bertz CT molecular complexity index is 792. The van der Waals surface area contributed by atoms with Gasteiger partial charge in [0.15, 0.2) is 0 Å². The van der Waals surface area contributed by atoms with Gasteiger partial charge in [0.2, 0.25) is 5.91 Å². The zero-order valence-electron chi connectivity index (χ0n) is 18.7. The molecule has 2 rings (SSSR count). The Labute approximate surface area is 174 Å². The lowest BCUT2D eigenvalue weighted by atomic mass is 9.77. The summed E-state index contributed by atoms with van der Waals surface area (Å²) in [5.41, 5.74) is 0.462. The van der Waals surface area contributed by atoms with Crippen LogP contribution in [0.2, 0.25) is 0 Å². The van der Waals surface area contributed by atoms with E-state index in [1.165, 1.54) is 6.92 Å². The van der Waals surface area contributed by atoms with Gasteiger partial charge in [0.25, 0.3) is 0 Å². The second-order valence-corrected chi connectivity index (χ2v) is 9.34. The van der Waals surface area contributed by atoms with E-state index >= 15 is 0 Å². The molecule has 29 heavy (non-hydrogen) atoms. The van der Waals surface area contributed by atoms with Gasteiger partial charge in [-0.15, -0.1) is 0 Å². The van der Waals surface area contributed by atoms with Crippen LogP contribution in [0.3, 0.4) is 0 Å². The van der Waals surface area contributed by atoms with Crippen LogP contribution in [0.4, 0.5) is 0 Å². The van der Waals surface area contributed by atoms with E-state index in [4.69, 9.17) is 14.0 Å². The molecule has 1 fully saturated rings. The average molecular weight is 401 g/mol. The van der Waals surface area contributed by atoms with Crippen LogP contribution in [-0.2, 0) is 18.8 Å². The zero-order chi connectivity index (χ0) is 22.0. The molecule has 1 N–H and O–H groups in total. The van der Waals surface area contributed by atoms with Gasteiger partial charge in [-0.2, -0.15) is 0 Å². The fraction of sp³-hybridized carbons (Fsp3) is 0.545. The first-order valence-corrected chi connectivity index (χ1v) is 9.84. The highest BCUT2D eigenvalue weighted by molar-refractivity contribution is 6.56. The Hall–Kier alpha value is -2.12. The van der Waals surface area contributed by atoms with E-state index in [9.17, 15) is 9.59 Å². The number of hydrogen-bond donors (Lipinski definition) is 1. The Morgan fingerprint density at radius 3 is 2.24 bits per heavy atom. The molecular formula is C22H32BNO5. The third-order valence-electron chi connectivity index (χ3n) is 4.97. The molecule has 0 atom stereocenters. The molecular weight excluding hydrogens is 369 g/mol. The molecule has 0 bridgehead atoms. The van der Waals surface area contributed by atoms with Crippen molar-refractivity contribution in [1.29, 1.82) is 0 Å². The number of ether oxygens (including phenoxy) is 1. The number of esters is 1. The molecule has 6 nitrogen and oxygen atoms in total. The SMILES string of the molecule is CC(=O)NCC(=Cc1cccc(C(=O)OC(C)(C)C)c1)B1OC(C)(C)C(C)(C)O1. The predicted octanol–water partition coefficient (Wildman–Crippen LogP) is 3.79. The standard InChI is InChI=1S/C22H32BNO5/c1-15(25)24-14-18(23-28-21(5,6)22(7,8)29-23)13-16-10-9-11-17(12-16)19(26)27-20(2,3)4/h9-13H,14H2,1-8H3,(H,24,25). The summed E-state index contributed by atoms with van der Waals surface area (Å²) in [6.45, 7) is 15.2. The van der Waals surface area contributed by atoms with Crippen molar-refractivity contribution in [1.82, 2.24) is 5.32 Å². The maximum atomic E-state index is 12.4. The van der Waals surface area contributed by atoms with Crippen LogP contribution in [0.1, 0.15) is 71.3 Å². The monoisotopic (exact) mass is 401 g/mol. The van der Waals surface area contributed by atoms with Crippen molar-refractivity contribution in [2.24, 2.45) is 0 Å². The number of benzene rings is 1. The van der Waals surface area contributed by atoms with Crippen LogP contribution in [0.15, 0.2) is 29.7 Å². The minimum atomic E-state index is -0.600. The van der Waals surface area contributed by atoms with Gasteiger partial charge >= 0.3 is 13.1 Å². The molecule has 1 aliphatic heterocycles. The van der Waals surface area contributed by atoms with Crippen LogP contribution in [0.5, 0.6) is 0 Å². The molecule has 1 aromatic carbocycles. The van der Waals surface area contributed by atoms with E-state index in [0.717, 1.165) is 11.0 Å². The Morgan fingerprint density at radius 1 is 1.14 bits per heavy atom. The van der Waals surface area contributed by atoms with Crippen LogP contribution < -0.4 is 5.32 Å². The molecule has 0 saturated carbocycles. The smallest absolute Gasteiger partial charge is 0.456 e. The van der Waals surface area contributed by atoms with Crippen molar-refractivity contribution in [2.75, 3.05) is 6.54 Å². The minimum absolute atomic E-state index is 0.144. The van der Waals surface area contributed by atoms with Gasteiger partial charge in [-0.3, -0.25) is 4.79 Å². The Balaban J connectivity index is 2.33. The highest BCUT2D eigenvalue weighted by Crippen LogP contribution is 2.38. The molecule has 1 aromatic rings. The first-order chi connectivity index (χ1) is 13.2. The lowest BCUT2D eigenvalue weighted by Gasteiger charge is -2.32. The van der Waals surface area contributed by atoms with Crippen LogP contribution in [0.25, 0.3) is 6.08 Å². The van der Waals surface area contributed by atoms with Gasteiger partial charge in [-0.05, 0) is 71.6 Å². The summed E-state index contributed by atoms with van der Waals surface area (Å²) >= 11 is 0. The van der Waals surface area contributed by atoms with Gasteiger partial charge < -0.3 is 19.4 Å². The number of rotatable bonds is 5. The molecule has 0 aliphatic carbocycles. The molecule has 1 heterocycles. The summed E-state index contributed by atoms with van der Waals surface area (Å²) in [5.74, 6) is -0.526. The largest absolute Gasteiger partial charge is 0.492 e. The second kappa shape index (κ2) is 8.32. The summed E-state index contributed by atoms with van der Waals surface area (Å²) in [4.78, 5) is 23.9. The Morgan fingerprint density at radius 2 is 1.72 bits per heavy atom. The van der Waals surface area contributed by atoms with E-state index in [1.54, 1.807) is 18.2 Å². The van der Waals surface area contributed by atoms with E-state index < -0.39 is 23.9 Å². The summed E-state index contributed by atoms with van der Waals surface area (Å²) in [6.07, 6.45) is 1.88. The quantitative estimate of drug-likeness (QED) is 0.600. The highest BCUT2D eigenvalue weighted by atomic mass is 16.7. The summed E-state index contributed by atoms with van der Waals surface area (Å²) in [5, 5.41) is 2.81. The number of carbonyl (C=O) groups excluding carboxylic acids is 2. The van der Waals surface area contributed by atoms with Gasteiger partial charge in [0, 0.05) is 13.5 Å². The predicted molar refractivity (Wildman–Crippen MR) is 114 cm³/mol. The third-order valence-corrected chi connectivity index (χ3v) is 4.97. The Kier molecular flexibility index (Phi) is 6.65. The third kappa shape index (κ3) is 6.18. The van der Waals surface area contributed by atoms with E-state index in [1.807, 2.05) is 60.6 Å². The summed E-state index contributed by atoms with van der Waals surface area (Å²) in [7, 11) is -0.600. The van der Waals surface area contributed by atoms with Crippen LogP contribution >= 0.6 is 0 Å². The van der Waals surface area contributed by atoms with Crippen molar-refractivity contribution < 1.29 is 23.6 Å². The molecule has 158 valence electrons. The van der Waals surface area contributed by atoms with E-state index in [2.05, 4.69) is 5.32 Å². The minimum Gasteiger partial charge on any atom is -0.456 e. The normalized spacial score (nSPS) is 18.5. The topological polar surface area (TPSA) is 73.9 Å². The maximum Gasteiger partial charge on any atom is 0.492 e. The molecule has 1 aliphatic rings. The molecule has 0 spiro atoms. The summed E-state index contributed by atoms with van der Waals surface area (Å²) in [6, 6.07) is 7.15. The molecule has 0 unspecified atom stereocenters. The number of nitrogens with one attached hydrogen (secondary N) is 1. The lowest BCUT2D eigenvalue weighted by molar-refractivity contribution is -0.118. The fourth-order valence-corrected chi connectivity index (χ4v) is 2.73. The zero-order valence-corrected chi connectivity index (χ0v) is 18.7. The maximum absolute atomic E-state index is 12.4. The number of amides is 1. The van der Waals surface area contributed by atoms with Gasteiger partial charge in [0.1, 0.15) is 5.60 Å². The molecule has 7 heteroatoms. The van der Waals surface area contributed by atoms with Crippen molar-refractivity contribution in [3.8, 4) is 0 Å². The van der Waals surface area contributed by atoms with Crippen molar-refractivity contribution in [3.05, 3.63) is 40.9 Å². The first kappa shape index (κ1) is 23.2. The highest BCUT2D eigenvalue weighted by Gasteiger charge is 2.52. The lowest BCUT2D eigenvalue weighted by Crippen LogP contribution is -2.41. The molecule has 1 saturated heterocycles. The number of carbonyl (C=O) groups is 2. The van der Waals surface area contributed by atoms with Crippen molar-refractivity contribution >= 4 is 25.1 Å². The van der Waals surface area contributed by atoms with Gasteiger partial charge in [-0.1, -0.05) is 18.2 Å². The second-order valence-electron chi connectivity index (χ2n) is 9.34. The van der Waals surface area contributed by atoms with Crippen LogP contribution in [0, 0.1) is 0 Å². The fourth-order valence-electron chi connectivity index (χ4n) is 2.73. The van der Waals surface area contributed by atoms with Crippen molar-refractivity contribution in [3.63, 3.8) is 0 Å². The number of hydrogen-bond acceptors (Lipinski definition) is 5. The van der Waals surface area contributed by atoms with E-state index in [-0.39, 0.29) is 18.4 Å². The van der Waals surface area contributed by atoms with Gasteiger partial charge in [0.05, 0.1) is 16.8 Å². The van der Waals surface area contributed by atoms with Crippen LogP contribution in [-0.4, -0.2) is 42.3 Å². The van der Waals surface area contributed by atoms with E-state index in [0.29, 0.717) is 5.56 Å². The van der Waals surface area contributed by atoms with Gasteiger partial charge in [-0.25, -0.2) is 4.79 Å². The first-order valence-electron chi connectivity index (χ1n) is 9.84. The average Bonchev–Trinajstić information content (AvgIpc) is 2.77.